The molecule has 1 N–H and O–H groups in total. The van der Waals surface area contributed by atoms with E-state index >= 15 is 0 Å². The van der Waals surface area contributed by atoms with E-state index in [1.165, 1.54) is 31.4 Å². The number of carboxylic acid groups (broad SMARTS) is 1. The average Bonchev–Trinajstić information content (AvgIpc) is 2.12. The van der Waals surface area contributed by atoms with Gasteiger partial charge in [-0.05, 0) is 24.8 Å². The maximum Gasteiger partial charge on any atom is 0.335 e. The van der Waals surface area contributed by atoms with Gasteiger partial charge in [0.25, 0.3) is 5.56 Å². The van der Waals surface area contributed by atoms with Crippen LogP contribution >= 0.6 is 0 Å². The average molecular weight is 207 g/mol. The van der Waals surface area contributed by atoms with Crippen molar-refractivity contribution in [1.29, 1.82) is 0 Å². The van der Waals surface area contributed by atoms with E-state index in [0.717, 1.165) is 6.54 Å². The van der Waals surface area contributed by atoms with Gasteiger partial charge in [-0.2, -0.15) is 0 Å². The fourth-order valence-electron chi connectivity index (χ4n) is 1.75. The number of carboxylic acids is 1. The first-order valence-electron chi connectivity index (χ1n) is 5.10. The van der Waals surface area contributed by atoms with Crippen molar-refractivity contribution in [3.8, 4) is 0 Å². The van der Waals surface area contributed by atoms with Gasteiger partial charge < -0.3 is 9.67 Å². The summed E-state index contributed by atoms with van der Waals surface area (Å²) in [4.78, 5) is 22.1. The third-order valence-electron chi connectivity index (χ3n) is 2.92. The molecule has 0 bridgehead atoms. The van der Waals surface area contributed by atoms with Gasteiger partial charge in [-0.15, -0.1) is 0 Å². The molecule has 15 heavy (non-hydrogen) atoms. The first-order valence-corrected chi connectivity index (χ1v) is 5.10. The normalized spacial score (nSPS) is 16.0. The predicted molar refractivity (Wildman–Crippen MR) is 55.0 cm³/mol. The van der Waals surface area contributed by atoms with Crippen LogP contribution in [0.1, 0.15) is 29.6 Å². The number of aromatic nitrogens is 1. The first-order chi connectivity index (χ1) is 7.16. The third kappa shape index (κ3) is 2.09. The lowest BCUT2D eigenvalue weighted by Crippen LogP contribution is -2.26. The minimum Gasteiger partial charge on any atom is -0.478 e. The molecule has 1 fully saturated rings. The zero-order valence-corrected chi connectivity index (χ0v) is 8.35. The Labute approximate surface area is 87.2 Å². The predicted octanol–water partition coefficient (Wildman–Crippen LogP) is 1.35. The lowest BCUT2D eigenvalue weighted by atomic mass is 9.85. The van der Waals surface area contributed by atoms with Crippen molar-refractivity contribution < 1.29 is 9.90 Å². The molecular weight excluding hydrogens is 194 g/mol. The molecule has 1 aliphatic carbocycles. The van der Waals surface area contributed by atoms with Crippen molar-refractivity contribution in [1.82, 2.24) is 4.57 Å². The van der Waals surface area contributed by atoms with E-state index in [1.54, 1.807) is 10.8 Å². The molecule has 1 aromatic heterocycles. The maximum atomic E-state index is 11.5. The second kappa shape index (κ2) is 3.88. The first kappa shape index (κ1) is 9.96. The molecule has 80 valence electrons. The molecule has 1 aromatic rings. The van der Waals surface area contributed by atoms with Gasteiger partial charge in [0.05, 0.1) is 5.56 Å². The number of nitrogens with zero attached hydrogens (tertiary/aromatic N) is 1. The van der Waals surface area contributed by atoms with Gasteiger partial charge in [-0.1, -0.05) is 6.42 Å². The molecule has 0 saturated heterocycles. The summed E-state index contributed by atoms with van der Waals surface area (Å²) < 4.78 is 1.59. The van der Waals surface area contributed by atoms with E-state index in [0.29, 0.717) is 5.92 Å². The van der Waals surface area contributed by atoms with Crippen LogP contribution in [0.3, 0.4) is 0 Å². The molecule has 1 aliphatic rings. The summed E-state index contributed by atoms with van der Waals surface area (Å²) in [6.07, 6.45) is 5.16. The molecule has 0 aromatic carbocycles. The molecule has 0 amide bonds. The summed E-state index contributed by atoms with van der Waals surface area (Å²) >= 11 is 0. The fraction of sp³-hybridized carbons (Fsp3) is 0.455. The molecule has 0 aliphatic heterocycles. The minimum atomic E-state index is -1.05. The van der Waals surface area contributed by atoms with Crippen molar-refractivity contribution in [3.63, 3.8) is 0 Å². The zero-order chi connectivity index (χ0) is 10.8. The van der Waals surface area contributed by atoms with Crippen LogP contribution < -0.4 is 5.56 Å². The molecule has 1 saturated carbocycles. The van der Waals surface area contributed by atoms with E-state index < -0.39 is 5.97 Å². The van der Waals surface area contributed by atoms with Gasteiger partial charge >= 0.3 is 5.97 Å². The number of hydrogen-bond acceptors (Lipinski definition) is 2. The van der Waals surface area contributed by atoms with E-state index in [2.05, 4.69) is 0 Å². The lowest BCUT2D eigenvalue weighted by molar-refractivity contribution is 0.0696. The highest BCUT2D eigenvalue weighted by atomic mass is 16.4. The van der Waals surface area contributed by atoms with Crippen molar-refractivity contribution >= 4 is 5.97 Å². The second-order valence-electron chi connectivity index (χ2n) is 4.01. The van der Waals surface area contributed by atoms with E-state index in [4.69, 9.17) is 5.11 Å². The molecule has 0 spiro atoms. The summed E-state index contributed by atoms with van der Waals surface area (Å²) in [5, 5.41) is 8.69. The smallest absolute Gasteiger partial charge is 0.335 e. The van der Waals surface area contributed by atoms with Crippen LogP contribution in [0.15, 0.2) is 23.1 Å². The van der Waals surface area contributed by atoms with Gasteiger partial charge in [0.1, 0.15) is 0 Å². The van der Waals surface area contributed by atoms with Gasteiger partial charge in [0, 0.05) is 18.8 Å². The van der Waals surface area contributed by atoms with Gasteiger partial charge in [-0.25, -0.2) is 4.79 Å². The van der Waals surface area contributed by atoms with Crippen LogP contribution in [-0.2, 0) is 6.54 Å². The Morgan fingerprint density at radius 1 is 1.53 bits per heavy atom. The highest BCUT2D eigenvalue weighted by Crippen LogP contribution is 2.27. The number of rotatable bonds is 3. The Morgan fingerprint density at radius 2 is 2.27 bits per heavy atom. The molecule has 0 unspecified atom stereocenters. The SMILES string of the molecule is O=C(O)c1ccn(CC2CCC2)c(=O)c1. The number of hydrogen-bond donors (Lipinski definition) is 1. The summed E-state index contributed by atoms with van der Waals surface area (Å²) in [5.41, 5.74) is -0.161. The van der Waals surface area contributed by atoms with E-state index in [9.17, 15) is 9.59 Å². The third-order valence-corrected chi connectivity index (χ3v) is 2.92. The molecular formula is C11H13NO3. The highest BCUT2D eigenvalue weighted by Gasteiger charge is 2.18. The van der Waals surface area contributed by atoms with Gasteiger partial charge in [0.2, 0.25) is 0 Å². The number of aromatic carboxylic acids is 1. The highest BCUT2D eigenvalue weighted by molar-refractivity contribution is 5.87. The van der Waals surface area contributed by atoms with E-state index in [-0.39, 0.29) is 11.1 Å². The van der Waals surface area contributed by atoms with Crippen LogP contribution in [0.25, 0.3) is 0 Å². The molecule has 0 atom stereocenters. The Bertz CT molecular complexity index is 432. The maximum absolute atomic E-state index is 11.5. The zero-order valence-electron chi connectivity index (χ0n) is 8.35. The molecule has 4 nitrogen and oxygen atoms in total. The van der Waals surface area contributed by atoms with Crippen LogP contribution in [0, 0.1) is 5.92 Å². The largest absolute Gasteiger partial charge is 0.478 e. The summed E-state index contributed by atoms with van der Waals surface area (Å²) in [6, 6.07) is 2.66. The Kier molecular flexibility index (Phi) is 2.58. The Morgan fingerprint density at radius 3 is 2.73 bits per heavy atom. The summed E-state index contributed by atoms with van der Waals surface area (Å²) in [5.74, 6) is -0.457. The van der Waals surface area contributed by atoms with Gasteiger partial charge in [-0.3, -0.25) is 4.79 Å². The quantitative estimate of drug-likeness (QED) is 0.813. The van der Waals surface area contributed by atoms with Crippen LogP contribution in [0.4, 0.5) is 0 Å². The standard InChI is InChI=1S/C11H13NO3/c13-10-6-9(11(14)15)4-5-12(10)7-8-2-1-3-8/h4-6,8H,1-3,7H2,(H,14,15). The fourth-order valence-corrected chi connectivity index (χ4v) is 1.75. The molecule has 4 heteroatoms. The Hall–Kier alpha value is -1.58. The number of carbonyl (C=O) groups is 1. The minimum absolute atomic E-state index is 0.0601. The summed E-state index contributed by atoms with van der Waals surface area (Å²) in [7, 11) is 0. The Balaban J connectivity index is 2.18. The van der Waals surface area contributed by atoms with Gasteiger partial charge in [0.15, 0.2) is 0 Å². The van der Waals surface area contributed by atoms with Crippen LogP contribution in [0.2, 0.25) is 0 Å². The summed E-state index contributed by atoms with van der Waals surface area (Å²) in [6.45, 7) is 0.721. The second-order valence-corrected chi connectivity index (χ2v) is 4.01. The van der Waals surface area contributed by atoms with Crippen LogP contribution in [0.5, 0.6) is 0 Å². The number of pyridine rings is 1. The molecule has 1 heterocycles. The van der Waals surface area contributed by atoms with Crippen molar-refractivity contribution in [3.05, 3.63) is 34.2 Å². The van der Waals surface area contributed by atoms with Crippen molar-refractivity contribution in [2.45, 2.75) is 25.8 Å². The van der Waals surface area contributed by atoms with Crippen LogP contribution in [-0.4, -0.2) is 15.6 Å². The topological polar surface area (TPSA) is 59.3 Å². The lowest BCUT2D eigenvalue weighted by Gasteiger charge is -2.25. The molecule has 0 radical (unpaired) electrons. The monoisotopic (exact) mass is 207 g/mol. The van der Waals surface area contributed by atoms with E-state index in [1.807, 2.05) is 0 Å². The van der Waals surface area contributed by atoms with Crippen molar-refractivity contribution in [2.24, 2.45) is 5.92 Å². The van der Waals surface area contributed by atoms with Crippen molar-refractivity contribution in [2.75, 3.05) is 0 Å². The molecule has 2 rings (SSSR count).